The van der Waals surface area contributed by atoms with E-state index in [1.165, 1.54) is 27.9 Å². The van der Waals surface area contributed by atoms with Gasteiger partial charge in [-0.15, -0.1) is 0 Å². The van der Waals surface area contributed by atoms with Crippen LogP contribution in [0, 0.1) is 0 Å². The lowest BCUT2D eigenvalue weighted by Gasteiger charge is -2.25. The Morgan fingerprint density at radius 2 is 1.04 bits per heavy atom. The van der Waals surface area contributed by atoms with Crippen LogP contribution in [0.15, 0.2) is 73.1 Å². The van der Waals surface area contributed by atoms with Gasteiger partial charge in [0.15, 0.2) is 0 Å². The number of rotatable bonds is 7. The van der Waals surface area contributed by atoms with Crippen LogP contribution < -0.4 is 4.90 Å². The fourth-order valence-electron chi connectivity index (χ4n) is 3.25. The number of hydrogen-bond donors (Lipinski definition) is 0. The molecular formula is C25H30N2. The Balaban J connectivity index is 1.81. The van der Waals surface area contributed by atoms with E-state index < -0.39 is 0 Å². The molecule has 0 spiro atoms. The first-order chi connectivity index (χ1) is 13.0. The molecule has 1 aromatic heterocycles. The Morgan fingerprint density at radius 3 is 1.41 bits per heavy atom. The van der Waals surface area contributed by atoms with E-state index in [1.54, 1.807) is 0 Å². The Hall–Kier alpha value is -2.61. The van der Waals surface area contributed by atoms with Gasteiger partial charge in [-0.25, -0.2) is 0 Å². The molecule has 0 aliphatic carbocycles. The molecule has 3 rings (SSSR count). The van der Waals surface area contributed by atoms with Crippen molar-refractivity contribution in [1.29, 1.82) is 0 Å². The molecule has 0 radical (unpaired) electrons. The van der Waals surface area contributed by atoms with Crippen molar-refractivity contribution < 1.29 is 0 Å². The second-order valence-electron chi connectivity index (χ2n) is 7.85. The van der Waals surface area contributed by atoms with Crippen molar-refractivity contribution in [2.45, 2.75) is 52.6 Å². The second kappa shape index (κ2) is 8.85. The molecule has 2 aromatic carbocycles. The number of anilines is 1. The molecule has 0 aliphatic rings. The van der Waals surface area contributed by atoms with E-state index in [9.17, 15) is 0 Å². The molecule has 0 bridgehead atoms. The maximum atomic E-state index is 4.18. The van der Waals surface area contributed by atoms with E-state index in [1.807, 2.05) is 12.4 Å². The Bertz CT molecular complexity index is 765. The molecule has 0 atom stereocenters. The first-order valence-corrected chi connectivity index (χ1v) is 9.85. The summed E-state index contributed by atoms with van der Waals surface area (Å²) in [6, 6.07) is 22.2. The molecular weight excluding hydrogens is 328 g/mol. The molecule has 0 saturated carbocycles. The van der Waals surface area contributed by atoms with Crippen LogP contribution in [0.3, 0.4) is 0 Å². The van der Waals surface area contributed by atoms with Crippen molar-refractivity contribution >= 4 is 5.69 Å². The molecule has 0 aliphatic heterocycles. The standard InChI is InChI=1S/C25H30N2/c1-19(2)23-9-5-21(6-10-23)17-27(25-13-15-26-16-14-25)18-22-7-11-24(12-8-22)20(3)4/h5-16,19-20H,17-18H2,1-4H3. The fourth-order valence-corrected chi connectivity index (χ4v) is 3.25. The zero-order chi connectivity index (χ0) is 19.2. The van der Waals surface area contributed by atoms with Crippen LogP contribution >= 0.6 is 0 Å². The predicted molar refractivity (Wildman–Crippen MR) is 115 cm³/mol. The molecule has 0 amide bonds. The fraction of sp³-hybridized carbons (Fsp3) is 0.320. The van der Waals surface area contributed by atoms with E-state index >= 15 is 0 Å². The highest BCUT2D eigenvalue weighted by atomic mass is 15.1. The molecule has 0 fully saturated rings. The molecule has 0 unspecified atom stereocenters. The van der Waals surface area contributed by atoms with Gasteiger partial charge in [0.05, 0.1) is 0 Å². The summed E-state index contributed by atoms with van der Waals surface area (Å²) in [6.07, 6.45) is 3.73. The summed E-state index contributed by atoms with van der Waals surface area (Å²) >= 11 is 0. The summed E-state index contributed by atoms with van der Waals surface area (Å²) in [7, 11) is 0. The summed E-state index contributed by atoms with van der Waals surface area (Å²) in [5.74, 6) is 1.13. The largest absolute Gasteiger partial charge is 0.363 e. The summed E-state index contributed by atoms with van der Waals surface area (Å²) in [4.78, 5) is 6.59. The van der Waals surface area contributed by atoms with Crippen LogP contribution in [0.2, 0.25) is 0 Å². The molecule has 0 saturated heterocycles. The highest BCUT2D eigenvalue weighted by molar-refractivity contribution is 5.46. The average Bonchev–Trinajstić information content (AvgIpc) is 2.69. The van der Waals surface area contributed by atoms with E-state index in [4.69, 9.17) is 0 Å². The van der Waals surface area contributed by atoms with Crippen LogP contribution in [0.5, 0.6) is 0 Å². The summed E-state index contributed by atoms with van der Waals surface area (Å²) in [6.45, 7) is 10.7. The molecule has 3 aromatic rings. The minimum absolute atomic E-state index is 0.565. The lowest BCUT2D eigenvalue weighted by molar-refractivity contribution is 0.794. The van der Waals surface area contributed by atoms with Gasteiger partial charge in [-0.05, 0) is 46.2 Å². The Kier molecular flexibility index (Phi) is 6.28. The minimum Gasteiger partial charge on any atom is -0.363 e. The number of aromatic nitrogens is 1. The van der Waals surface area contributed by atoms with Crippen LogP contribution in [-0.4, -0.2) is 4.98 Å². The van der Waals surface area contributed by atoms with Crippen LogP contribution in [0.4, 0.5) is 5.69 Å². The summed E-state index contributed by atoms with van der Waals surface area (Å²) in [5, 5.41) is 0. The highest BCUT2D eigenvalue weighted by Crippen LogP contribution is 2.22. The van der Waals surface area contributed by atoms with Crippen molar-refractivity contribution in [3.8, 4) is 0 Å². The lowest BCUT2D eigenvalue weighted by atomic mass is 10.0. The first-order valence-electron chi connectivity index (χ1n) is 9.85. The monoisotopic (exact) mass is 358 g/mol. The van der Waals surface area contributed by atoms with Gasteiger partial charge in [-0.1, -0.05) is 76.2 Å². The zero-order valence-corrected chi connectivity index (χ0v) is 16.9. The normalized spacial score (nSPS) is 11.2. The van der Waals surface area contributed by atoms with Gasteiger partial charge in [-0.3, -0.25) is 4.98 Å². The van der Waals surface area contributed by atoms with Crippen LogP contribution in [-0.2, 0) is 13.1 Å². The third-order valence-corrected chi connectivity index (χ3v) is 5.07. The smallest absolute Gasteiger partial charge is 0.0433 e. The topological polar surface area (TPSA) is 16.1 Å². The van der Waals surface area contributed by atoms with E-state index in [2.05, 4.69) is 98.2 Å². The van der Waals surface area contributed by atoms with E-state index in [0.717, 1.165) is 13.1 Å². The number of benzene rings is 2. The van der Waals surface area contributed by atoms with Gasteiger partial charge in [-0.2, -0.15) is 0 Å². The van der Waals surface area contributed by atoms with Crippen molar-refractivity contribution in [2.24, 2.45) is 0 Å². The van der Waals surface area contributed by atoms with Gasteiger partial charge in [0.1, 0.15) is 0 Å². The van der Waals surface area contributed by atoms with Crippen molar-refractivity contribution in [3.63, 3.8) is 0 Å². The zero-order valence-electron chi connectivity index (χ0n) is 16.9. The van der Waals surface area contributed by atoms with Crippen molar-refractivity contribution in [3.05, 3.63) is 95.3 Å². The Morgan fingerprint density at radius 1 is 0.630 bits per heavy atom. The van der Waals surface area contributed by atoms with Gasteiger partial charge >= 0.3 is 0 Å². The molecule has 140 valence electrons. The van der Waals surface area contributed by atoms with Gasteiger partial charge in [0.2, 0.25) is 0 Å². The van der Waals surface area contributed by atoms with Crippen LogP contribution in [0.25, 0.3) is 0 Å². The third kappa shape index (κ3) is 5.19. The van der Waals surface area contributed by atoms with Crippen LogP contribution in [0.1, 0.15) is 61.8 Å². The second-order valence-corrected chi connectivity index (χ2v) is 7.85. The quantitative estimate of drug-likeness (QED) is 0.477. The summed E-state index contributed by atoms with van der Waals surface area (Å²) in [5.41, 5.74) is 6.63. The Labute approximate surface area is 163 Å². The van der Waals surface area contributed by atoms with E-state index in [-0.39, 0.29) is 0 Å². The highest BCUT2D eigenvalue weighted by Gasteiger charge is 2.10. The number of pyridine rings is 1. The number of nitrogens with zero attached hydrogens (tertiary/aromatic N) is 2. The molecule has 2 nitrogen and oxygen atoms in total. The number of hydrogen-bond acceptors (Lipinski definition) is 2. The maximum absolute atomic E-state index is 4.18. The van der Waals surface area contributed by atoms with Crippen molar-refractivity contribution in [2.75, 3.05) is 4.90 Å². The molecule has 1 heterocycles. The lowest BCUT2D eigenvalue weighted by Crippen LogP contribution is -2.22. The average molecular weight is 359 g/mol. The molecule has 2 heteroatoms. The van der Waals surface area contributed by atoms with Gasteiger partial charge in [0.25, 0.3) is 0 Å². The van der Waals surface area contributed by atoms with E-state index in [0.29, 0.717) is 11.8 Å². The van der Waals surface area contributed by atoms with Gasteiger partial charge in [0, 0.05) is 31.2 Å². The third-order valence-electron chi connectivity index (χ3n) is 5.07. The molecule has 0 N–H and O–H groups in total. The predicted octanol–water partition coefficient (Wildman–Crippen LogP) is 6.54. The van der Waals surface area contributed by atoms with Gasteiger partial charge < -0.3 is 4.90 Å². The minimum atomic E-state index is 0.565. The SMILES string of the molecule is CC(C)c1ccc(CN(Cc2ccc(C(C)C)cc2)c2ccncc2)cc1. The first kappa shape index (κ1) is 19.2. The summed E-state index contributed by atoms with van der Waals surface area (Å²) < 4.78 is 0. The molecule has 27 heavy (non-hydrogen) atoms. The van der Waals surface area contributed by atoms with Crippen molar-refractivity contribution in [1.82, 2.24) is 4.98 Å². The maximum Gasteiger partial charge on any atom is 0.0433 e.